The lowest BCUT2D eigenvalue weighted by Crippen LogP contribution is -2.20. The van der Waals surface area contributed by atoms with Gasteiger partial charge in [0.2, 0.25) is 0 Å². The van der Waals surface area contributed by atoms with Gasteiger partial charge in [-0.15, -0.1) is 0 Å². The Labute approximate surface area is 79.6 Å². The molecule has 1 aromatic carbocycles. The summed E-state index contributed by atoms with van der Waals surface area (Å²) in [5.41, 5.74) is 1.11. The van der Waals surface area contributed by atoms with E-state index >= 15 is 0 Å². The molecule has 0 amide bonds. The molecule has 1 rings (SSSR count). The zero-order valence-electron chi connectivity index (χ0n) is 8.20. The van der Waals surface area contributed by atoms with Crippen molar-refractivity contribution in [1.82, 2.24) is 0 Å². The van der Waals surface area contributed by atoms with E-state index in [1.165, 1.54) is 0 Å². The first-order valence-corrected chi connectivity index (χ1v) is 4.68. The number of aliphatic hydroxyl groups is 1. The van der Waals surface area contributed by atoms with Crippen LogP contribution >= 0.6 is 0 Å². The molecule has 72 valence electrons. The first kappa shape index (κ1) is 10.1. The molecule has 0 bridgehead atoms. The molecule has 2 N–H and O–H groups in total. The Balaban J connectivity index is 2.41. The van der Waals surface area contributed by atoms with Gasteiger partial charge < -0.3 is 10.4 Å². The number of anilines is 1. The van der Waals surface area contributed by atoms with Crippen LogP contribution in [0.15, 0.2) is 30.3 Å². The summed E-state index contributed by atoms with van der Waals surface area (Å²) < 4.78 is 0. The lowest BCUT2D eigenvalue weighted by molar-refractivity contribution is 0.179. The highest BCUT2D eigenvalue weighted by Gasteiger charge is 2.04. The van der Waals surface area contributed by atoms with Gasteiger partial charge in [0.1, 0.15) is 0 Å². The van der Waals surface area contributed by atoms with Crippen molar-refractivity contribution in [1.29, 1.82) is 0 Å². The summed E-state index contributed by atoms with van der Waals surface area (Å²) in [4.78, 5) is 0. The maximum absolute atomic E-state index is 9.16. The molecule has 0 aromatic heterocycles. The van der Waals surface area contributed by atoms with Crippen molar-refractivity contribution < 1.29 is 5.11 Å². The van der Waals surface area contributed by atoms with E-state index in [4.69, 9.17) is 5.11 Å². The number of hydrogen-bond acceptors (Lipinski definition) is 2. The molecule has 0 saturated heterocycles. The van der Waals surface area contributed by atoms with E-state index < -0.39 is 0 Å². The topological polar surface area (TPSA) is 32.3 Å². The lowest BCUT2D eigenvalue weighted by Gasteiger charge is -2.16. The van der Waals surface area contributed by atoms with E-state index in [0.717, 1.165) is 12.1 Å². The minimum atomic E-state index is -0.244. The first-order chi connectivity index (χ1) is 6.18. The van der Waals surface area contributed by atoms with Crippen LogP contribution < -0.4 is 5.32 Å². The molecule has 0 aliphatic carbocycles. The van der Waals surface area contributed by atoms with Crippen molar-refractivity contribution >= 4 is 5.69 Å². The van der Waals surface area contributed by atoms with Gasteiger partial charge in [0, 0.05) is 11.7 Å². The Morgan fingerprint density at radius 3 is 2.38 bits per heavy atom. The molecule has 0 heterocycles. The van der Waals surface area contributed by atoms with Gasteiger partial charge in [0.15, 0.2) is 0 Å². The molecule has 13 heavy (non-hydrogen) atoms. The summed E-state index contributed by atoms with van der Waals surface area (Å²) in [5, 5.41) is 12.5. The number of para-hydroxylation sites is 1. The molecule has 2 heteroatoms. The van der Waals surface area contributed by atoms with Crippen LogP contribution in [0.3, 0.4) is 0 Å². The maximum atomic E-state index is 9.16. The van der Waals surface area contributed by atoms with Crippen LogP contribution in [0, 0.1) is 0 Å². The lowest BCUT2D eigenvalue weighted by atomic mass is 10.1. The second kappa shape index (κ2) is 4.87. The average Bonchev–Trinajstić information content (AvgIpc) is 2.04. The summed E-state index contributed by atoms with van der Waals surface area (Å²) in [5.74, 6) is 0. The summed E-state index contributed by atoms with van der Waals surface area (Å²) in [7, 11) is 0. The third kappa shape index (κ3) is 3.95. The van der Waals surface area contributed by atoms with Gasteiger partial charge in [-0.25, -0.2) is 0 Å². The van der Waals surface area contributed by atoms with Gasteiger partial charge in [0.05, 0.1) is 6.10 Å². The molecule has 0 aliphatic rings. The van der Waals surface area contributed by atoms with Crippen molar-refractivity contribution in [2.75, 3.05) is 5.32 Å². The van der Waals surface area contributed by atoms with Gasteiger partial charge in [0.25, 0.3) is 0 Å². The normalized spacial score (nSPS) is 15.0. The van der Waals surface area contributed by atoms with Crippen molar-refractivity contribution in [2.45, 2.75) is 32.4 Å². The van der Waals surface area contributed by atoms with Crippen LogP contribution in [-0.2, 0) is 0 Å². The standard InChI is InChI=1S/C11H17NO/c1-9(8-10(2)13)12-11-6-4-3-5-7-11/h3-7,9-10,12-13H,8H2,1-2H3/t9-,10+/m0/s1. The summed E-state index contributed by atoms with van der Waals surface area (Å²) in [6, 6.07) is 10.3. The van der Waals surface area contributed by atoms with Crippen molar-refractivity contribution in [3.8, 4) is 0 Å². The first-order valence-electron chi connectivity index (χ1n) is 4.68. The average molecular weight is 179 g/mol. The fraction of sp³-hybridized carbons (Fsp3) is 0.455. The number of aliphatic hydroxyl groups excluding tert-OH is 1. The predicted octanol–water partition coefficient (Wildman–Crippen LogP) is 2.26. The van der Waals surface area contributed by atoms with E-state index in [2.05, 4.69) is 12.2 Å². The second-order valence-electron chi connectivity index (χ2n) is 3.50. The molecular formula is C11H17NO. The second-order valence-corrected chi connectivity index (χ2v) is 3.50. The Morgan fingerprint density at radius 1 is 1.23 bits per heavy atom. The Morgan fingerprint density at radius 2 is 1.85 bits per heavy atom. The van der Waals surface area contributed by atoms with Crippen LogP contribution in [0.1, 0.15) is 20.3 Å². The zero-order chi connectivity index (χ0) is 9.68. The summed E-state index contributed by atoms with van der Waals surface area (Å²) in [6.07, 6.45) is 0.528. The van der Waals surface area contributed by atoms with Gasteiger partial charge in [-0.2, -0.15) is 0 Å². The van der Waals surface area contributed by atoms with Crippen LogP contribution in [0.2, 0.25) is 0 Å². The predicted molar refractivity (Wildman–Crippen MR) is 55.8 cm³/mol. The van der Waals surface area contributed by atoms with E-state index in [9.17, 15) is 0 Å². The van der Waals surface area contributed by atoms with E-state index in [1.54, 1.807) is 0 Å². The van der Waals surface area contributed by atoms with Crippen LogP contribution in [0.25, 0.3) is 0 Å². The summed E-state index contributed by atoms with van der Waals surface area (Å²) in [6.45, 7) is 3.88. The molecular weight excluding hydrogens is 162 g/mol. The van der Waals surface area contributed by atoms with Crippen molar-refractivity contribution in [2.24, 2.45) is 0 Å². The monoisotopic (exact) mass is 179 g/mol. The number of nitrogens with one attached hydrogen (secondary N) is 1. The van der Waals surface area contributed by atoms with Gasteiger partial charge in [-0.3, -0.25) is 0 Å². The fourth-order valence-corrected chi connectivity index (χ4v) is 1.39. The molecule has 0 radical (unpaired) electrons. The quantitative estimate of drug-likeness (QED) is 0.743. The Bertz CT molecular complexity index is 233. The molecule has 0 fully saturated rings. The van der Waals surface area contributed by atoms with E-state index in [0.29, 0.717) is 6.04 Å². The Hall–Kier alpha value is -1.02. The van der Waals surface area contributed by atoms with Gasteiger partial charge in [-0.05, 0) is 32.4 Å². The number of hydrogen-bond donors (Lipinski definition) is 2. The highest BCUT2D eigenvalue weighted by atomic mass is 16.3. The minimum absolute atomic E-state index is 0.244. The van der Waals surface area contributed by atoms with Crippen molar-refractivity contribution in [3.05, 3.63) is 30.3 Å². The minimum Gasteiger partial charge on any atom is -0.393 e. The molecule has 0 saturated carbocycles. The Kier molecular flexibility index (Phi) is 3.77. The molecule has 0 aliphatic heterocycles. The third-order valence-corrected chi connectivity index (χ3v) is 1.88. The molecule has 1 aromatic rings. The number of benzene rings is 1. The van der Waals surface area contributed by atoms with Gasteiger partial charge >= 0.3 is 0 Å². The SMILES string of the molecule is C[C@@H](O)C[C@H](C)Nc1ccccc1. The molecule has 2 nitrogen and oxygen atoms in total. The van der Waals surface area contributed by atoms with Crippen LogP contribution in [-0.4, -0.2) is 17.3 Å². The smallest absolute Gasteiger partial charge is 0.0531 e. The molecule has 2 atom stereocenters. The molecule has 0 unspecified atom stereocenters. The van der Waals surface area contributed by atoms with E-state index in [-0.39, 0.29) is 6.10 Å². The van der Waals surface area contributed by atoms with Crippen LogP contribution in [0.4, 0.5) is 5.69 Å². The molecule has 0 spiro atoms. The fourth-order valence-electron chi connectivity index (χ4n) is 1.39. The van der Waals surface area contributed by atoms with Crippen LogP contribution in [0.5, 0.6) is 0 Å². The third-order valence-electron chi connectivity index (χ3n) is 1.88. The number of rotatable bonds is 4. The zero-order valence-corrected chi connectivity index (χ0v) is 8.20. The van der Waals surface area contributed by atoms with Gasteiger partial charge in [-0.1, -0.05) is 18.2 Å². The summed E-state index contributed by atoms with van der Waals surface area (Å²) >= 11 is 0. The van der Waals surface area contributed by atoms with E-state index in [1.807, 2.05) is 37.3 Å². The highest BCUT2D eigenvalue weighted by molar-refractivity contribution is 5.43. The maximum Gasteiger partial charge on any atom is 0.0531 e. The van der Waals surface area contributed by atoms with Crippen molar-refractivity contribution in [3.63, 3.8) is 0 Å². The highest BCUT2D eigenvalue weighted by Crippen LogP contribution is 2.09. The largest absolute Gasteiger partial charge is 0.393 e.